The minimum absolute atomic E-state index is 0.305. The molecule has 0 bridgehead atoms. The van der Waals surface area contributed by atoms with Gasteiger partial charge in [0.05, 0.1) is 11.2 Å². The Hall–Kier alpha value is -0.795. The lowest BCUT2D eigenvalue weighted by atomic mass is 9.78. The maximum atomic E-state index is 5.86. The van der Waals surface area contributed by atoms with Gasteiger partial charge in [-0.1, -0.05) is 45.2 Å². The summed E-state index contributed by atoms with van der Waals surface area (Å²) in [5.74, 6) is 0. The summed E-state index contributed by atoms with van der Waals surface area (Å²) in [4.78, 5) is 0. The van der Waals surface area contributed by atoms with Crippen LogP contribution in [0.5, 0.6) is 0 Å². The molecule has 3 heteroatoms. The summed E-state index contributed by atoms with van der Waals surface area (Å²) in [7, 11) is -0.342. The SMILES string of the molecule is C=C/C=C(\C=C)B1OC(C)(C)C(C)(C)O1.CC. The van der Waals surface area contributed by atoms with Crippen LogP contribution in [0.4, 0.5) is 0 Å². The minimum atomic E-state index is -0.342. The van der Waals surface area contributed by atoms with Gasteiger partial charge in [0.15, 0.2) is 0 Å². The normalized spacial score (nSPS) is 21.5. The van der Waals surface area contributed by atoms with Crippen LogP contribution in [0.15, 0.2) is 36.9 Å². The van der Waals surface area contributed by atoms with E-state index < -0.39 is 0 Å². The summed E-state index contributed by atoms with van der Waals surface area (Å²) in [6, 6.07) is 0. The van der Waals surface area contributed by atoms with Crippen molar-refractivity contribution in [3.05, 3.63) is 36.9 Å². The van der Waals surface area contributed by atoms with Crippen molar-refractivity contribution in [1.29, 1.82) is 0 Å². The quantitative estimate of drug-likeness (QED) is 0.545. The minimum Gasteiger partial charge on any atom is -0.399 e. The molecular formula is C14H25BO2. The zero-order valence-electron chi connectivity index (χ0n) is 12.0. The Morgan fingerprint density at radius 3 is 1.71 bits per heavy atom. The molecule has 0 unspecified atom stereocenters. The summed E-state index contributed by atoms with van der Waals surface area (Å²) in [6.07, 6.45) is 5.31. The lowest BCUT2D eigenvalue weighted by Crippen LogP contribution is -2.41. The highest BCUT2D eigenvalue weighted by Gasteiger charge is 2.51. The maximum absolute atomic E-state index is 5.86. The van der Waals surface area contributed by atoms with Crippen LogP contribution in [0.25, 0.3) is 0 Å². The van der Waals surface area contributed by atoms with Crippen molar-refractivity contribution in [2.24, 2.45) is 0 Å². The molecule has 17 heavy (non-hydrogen) atoms. The van der Waals surface area contributed by atoms with Crippen LogP contribution < -0.4 is 0 Å². The Bertz CT molecular complexity index is 287. The average Bonchev–Trinajstić information content (AvgIpc) is 2.47. The molecule has 0 saturated carbocycles. The van der Waals surface area contributed by atoms with Gasteiger partial charge in [-0.05, 0) is 33.2 Å². The first-order valence-electron chi connectivity index (χ1n) is 6.15. The molecule has 1 aliphatic rings. The molecule has 0 aliphatic carbocycles. The Labute approximate surface area is 107 Å². The fourth-order valence-electron chi connectivity index (χ4n) is 1.36. The van der Waals surface area contributed by atoms with Gasteiger partial charge in [-0.3, -0.25) is 0 Å². The third-order valence-electron chi connectivity index (χ3n) is 3.07. The topological polar surface area (TPSA) is 18.5 Å². The van der Waals surface area contributed by atoms with Crippen LogP contribution in [-0.4, -0.2) is 18.3 Å². The molecule has 1 heterocycles. The van der Waals surface area contributed by atoms with E-state index in [9.17, 15) is 0 Å². The largest absolute Gasteiger partial charge is 0.494 e. The van der Waals surface area contributed by atoms with Crippen LogP contribution in [0.1, 0.15) is 41.5 Å². The number of hydrogen-bond donors (Lipinski definition) is 0. The third kappa shape index (κ3) is 3.58. The van der Waals surface area contributed by atoms with Crippen molar-refractivity contribution in [1.82, 2.24) is 0 Å². The van der Waals surface area contributed by atoms with E-state index >= 15 is 0 Å². The summed E-state index contributed by atoms with van der Waals surface area (Å²) >= 11 is 0. The van der Waals surface area contributed by atoms with Crippen molar-refractivity contribution in [3.63, 3.8) is 0 Å². The van der Waals surface area contributed by atoms with E-state index in [2.05, 4.69) is 13.2 Å². The second-order valence-electron chi connectivity index (χ2n) is 4.69. The van der Waals surface area contributed by atoms with E-state index in [1.165, 1.54) is 0 Å². The molecule has 1 rings (SSSR count). The summed E-state index contributed by atoms with van der Waals surface area (Å²) in [6.45, 7) is 19.5. The molecule has 2 nitrogen and oxygen atoms in total. The van der Waals surface area contributed by atoms with Crippen molar-refractivity contribution >= 4 is 7.12 Å². The molecule has 0 radical (unpaired) electrons. The molecule has 0 aromatic rings. The van der Waals surface area contributed by atoms with Gasteiger partial charge >= 0.3 is 7.12 Å². The van der Waals surface area contributed by atoms with Gasteiger partial charge in [-0.15, -0.1) is 0 Å². The van der Waals surface area contributed by atoms with Gasteiger partial charge in [0.25, 0.3) is 0 Å². The van der Waals surface area contributed by atoms with Crippen LogP contribution in [-0.2, 0) is 9.31 Å². The van der Waals surface area contributed by atoms with Crippen molar-refractivity contribution in [2.45, 2.75) is 52.7 Å². The lowest BCUT2D eigenvalue weighted by Gasteiger charge is -2.32. The Morgan fingerprint density at radius 2 is 1.41 bits per heavy atom. The molecule has 0 aromatic heterocycles. The lowest BCUT2D eigenvalue weighted by molar-refractivity contribution is 0.00578. The monoisotopic (exact) mass is 236 g/mol. The fraction of sp³-hybridized carbons (Fsp3) is 0.571. The highest BCUT2D eigenvalue weighted by molar-refractivity contribution is 6.55. The van der Waals surface area contributed by atoms with Gasteiger partial charge in [-0.2, -0.15) is 0 Å². The molecule has 1 fully saturated rings. The third-order valence-corrected chi connectivity index (χ3v) is 3.07. The first-order chi connectivity index (χ1) is 7.84. The second kappa shape index (κ2) is 6.22. The highest BCUT2D eigenvalue weighted by atomic mass is 16.7. The van der Waals surface area contributed by atoms with Crippen LogP contribution >= 0.6 is 0 Å². The van der Waals surface area contributed by atoms with Crippen LogP contribution in [0.3, 0.4) is 0 Å². The van der Waals surface area contributed by atoms with E-state index in [-0.39, 0.29) is 18.3 Å². The number of allylic oxidation sites excluding steroid dienone is 4. The summed E-state index contributed by atoms with van der Waals surface area (Å²) < 4.78 is 11.7. The Morgan fingerprint density at radius 1 is 1.00 bits per heavy atom. The van der Waals surface area contributed by atoms with Crippen LogP contribution in [0, 0.1) is 0 Å². The predicted octanol–water partition coefficient (Wildman–Crippen LogP) is 3.94. The predicted molar refractivity (Wildman–Crippen MR) is 75.9 cm³/mol. The van der Waals surface area contributed by atoms with Gasteiger partial charge in [0.1, 0.15) is 0 Å². The fourth-order valence-corrected chi connectivity index (χ4v) is 1.36. The Balaban J connectivity index is 0.00000121. The second-order valence-corrected chi connectivity index (χ2v) is 4.69. The summed E-state index contributed by atoms with van der Waals surface area (Å²) in [5, 5.41) is 0. The maximum Gasteiger partial charge on any atom is 0.494 e. The first-order valence-corrected chi connectivity index (χ1v) is 6.15. The van der Waals surface area contributed by atoms with Gasteiger partial charge in [0, 0.05) is 0 Å². The van der Waals surface area contributed by atoms with Crippen LogP contribution in [0.2, 0.25) is 0 Å². The number of hydrogen-bond acceptors (Lipinski definition) is 2. The van der Waals surface area contributed by atoms with Crippen molar-refractivity contribution in [2.75, 3.05) is 0 Å². The van der Waals surface area contributed by atoms with Gasteiger partial charge < -0.3 is 9.31 Å². The van der Waals surface area contributed by atoms with Gasteiger partial charge in [-0.25, -0.2) is 0 Å². The van der Waals surface area contributed by atoms with E-state index in [0.29, 0.717) is 0 Å². The van der Waals surface area contributed by atoms with Crippen molar-refractivity contribution in [3.8, 4) is 0 Å². The number of rotatable bonds is 3. The first kappa shape index (κ1) is 16.2. The molecule has 1 saturated heterocycles. The average molecular weight is 236 g/mol. The zero-order chi connectivity index (χ0) is 13.7. The van der Waals surface area contributed by atoms with Gasteiger partial charge in [0.2, 0.25) is 0 Å². The molecule has 0 aromatic carbocycles. The molecule has 96 valence electrons. The molecule has 0 amide bonds. The molecular weight excluding hydrogens is 211 g/mol. The van der Waals surface area contributed by atoms with E-state index in [4.69, 9.17) is 9.31 Å². The molecule has 1 aliphatic heterocycles. The summed E-state index contributed by atoms with van der Waals surface area (Å²) in [5.41, 5.74) is 0.297. The Kier molecular flexibility index (Phi) is 5.93. The standard InChI is InChI=1S/C12H19BO2.C2H6/c1-7-9-10(8-2)13-14-11(3,4)12(5,6)15-13;1-2/h7-9H,1-2H2,3-6H3;1-2H3/b10-9+;. The van der Waals surface area contributed by atoms with Crippen molar-refractivity contribution < 1.29 is 9.31 Å². The highest BCUT2D eigenvalue weighted by Crippen LogP contribution is 2.38. The molecule has 0 N–H and O–H groups in total. The molecule has 0 spiro atoms. The zero-order valence-corrected chi connectivity index (χ0v) is 12.0. The van der Waals surface area contributed by atoms with E-state index in [0.717, 1.165) is 5.47 Å². The smallest absolute Gasteiger partial charge is 0.399 e. The molecule has 0 atom stereocenters. The van der Waals surface area contributed by atoms with E-state index in [1.54, 1.807) is 12.2 Å². The van der Waals surface area contributed by atoms with E-state index in [1.807, 2.05) is 47.6 Å².